The molecule has 8 heteroatoms. The number of carbonyl (C=O) groups is 3. The normalized spacial score (nSPS) is 10.1. The summed E-state index contributed by atoms with van der Waals surface area (Å²) in [4.78, 5) is 37.3. The highest BCUT2D eigenvalue weighted by atomic mass is 16.5. The number of para-hydroxylation sites is 1. The van der Waals surface area contributed by atoms with E-state index in [9.17, 15) is 14.4 Å². The molecule has 0 saturated carbocycles. The van der Waals surface area contributed by atoms with E-state index in [-0.39, 0.29) is 11.5 Å². The van der Waals surface area contributed by atoms with Crippen LogP contribution in [0, 0.1) is 0 Å². The molecule has 0 heterocycles. The fraction of sp³-hybridized carbons (Fsp3) is 0.125. The predicted molar refractivity (Wildman–Crippen MR) is 120 cm³/mol. The molecule has 0 unspecified atom stereocenters. The molecular weight excluding hydrogens is 412 g/mol. The van der Waals surface area contributed by atoms with Gasteiger partial charge in [0.05, 0.1) is 32.6 Å². The molecule has 2 N–H and O–H groups in total. The van der Waals surface area contributed by atoms with Crippen molar-refractivity contribution < 1.29 is 28.6 Å². The van der Waals surface area contributed by atoms with E-state index in [1.807, 2.05) is 0 Å². The summed E-state index contributed by atoms with van der Waals surface area (Å²) in [5.74, 6) is -0.438. The number of hydrogen-bond donors (Lipinski definition) is 2. The van der Waals surface area contributed by atoms with Gasteiger partial charge in [-0.1, -0.05) is 18.2 Å². The predicted octanol–water partition coefficient (Wildman–Crippen LogP) is 4.00. The number of amides is 2. The van der Waals surface area contributed by atoms with Gasteiger partial charge in [0, 0.05) is 16.8 Å². The first-order chi connectivity index (χ1) is 15.5. The Morgan fingerprint density at radius 2 is 1.38 bits per heavy atom. The van der Waals surface area contributed by atoms with E-state index in [2.05, 4.69) is 10.6 Å². The second-order valence-electron chi connectivity index (χ2n) is 6.60. The molecule has 0 aliphatic carbocycles. The van der Waals surface area contributed by atoms with Gasteiger partial charge in [0.15, 0.2) is 11.5 Å². The number of methoxy groups -OCH3 is 3. The van der Waals surface area contributed by atoms with Gasteiger partial charge in [0.25, 0.3) is 11.8 Å². The summed E-state index contributed by atoms with van der Waals surface area (Å²) >= 11 is 0. The van der Waals surface area contributed by atoms with Crippen LogP contribution in [0.2, 0.25) is 0 Å². The van der Waals surface area contributed by atoms with Crippen molar-refractivity contribution in [3.8, 4) is 11.5 Å². The topological polar surface area (TPSA) is 103 Å². The van der Waals surface area contributed by atoms with Gasteiger partial charge in [-0.05, 0) is 48.5 Å². The van der Waals surface area contributed by atoms with Crippen LogP contribution in [0.1, 0.15) is 31.1 Å². The minimum atomic E-state index is -0.558. The van der Waals surface area contributed by atoms with Crippen LogP contribution < -0.4 is 20.1 Å². The number of nitrogens with one attached hydrogen (secondary N) is 2. The second-order valence-corrected chi connectivity index (χ2v) is 6.60. The first-order valence-corrected chi connectivity index (χ1v) is 9.59. The third-order valence-electron chi connectivity index (χ3n) is 4.61. The second kappa shape index (κ2) is 10.1. The van der Waals surface area contributed by atoms with E-state index in [1.165, 1.54) is 27.4 Å². The zero-order chi connectivity index (χ0) is 23.1. The van der Waals surface area contributed by atoms with Crippen LogP contribution >= 0.6 is 0 Å². The van der Waals surface area contributed by atoms with E-state index in [1.54, 1.807) is 60.7 Å². The van der Waals surface area contributed by atoms with E-state index in [4.69, 9.17) is 14.2 Å². The summed E-state index contributed by atoms with van der Waals surface area (Å²) in [7, 11) is 4.27. The third-order valence-corrected chi connectivity index (χ3v) is 4.61. The van der Waals surface area contributed by atoms with Crippen LogP contribution in [0.3, 0.4) is 0 Å². The molecule has 0 radical (unpaired) electrons. The van der Waals surface area contributed by atoms with Crippen LogP contribution in [-0.4, -0.2) is 39.1 Å². The van der Waals surface area contributed by atoms with Gasteiger partial charge in [-0.3, -0.25) is 9.59 Å². The molecule has 32 heavy (non-hydrogen) atoms. The molecule has 3 aromatic carbocycles. The van der Waals surface area contributed by atoms with Crippen molar-refractivity contribution in [1.29, 1.82) is 0 Å². The Balaban J connectivity index is 1.77. The van der Waals surface area contributed by atoms with Crippen LogP contribution in [0.4, 0.5) is 11.4 Å². The molecule has 0 aliphatic heterocycles. The highest BCUT2D eigenvalue weighted by molar-refractivity contribution is 6.09. The van der Waals surface area contributed by atoms with Gasteiger partial charge in [0.1, 0.15) is 0 Å². The summed E-state index contributed by atoms with van der Waals surface area (Å²) in [5.41, 5.74) is 1.66. The van der Waals surface area contributed by atoms with Gasteiger partial charge in [-0.25, -0.2) is 4.79 Å². The van der Waals surface area contributed by atoms with Crippen molar-refractivity contribution in [3.05, 3.63) is 83.4 Å². The van der Waals surface area contributed by atoms with Gasteiger partial charge < -0.3 is 24.8 Å². The highest BCUT2D eigenvalue weighted by Crippen LogP contribution is 2.28. The van der Waals surface area contributed by atoms with Crippen molar-refractivity contribution >= 4 is 29.2 Å². The van der Waals surface area contributed by atoms with Crippen molar-refractivity contribution in [2.24, 2.45) is 0 Å². The van der Waals surface area contributed by atoms with E-state index < -0.39 is 11.9 Å². The van der Waals surface area contributed by atoms with Crippen molar-refractivity contribution in [1.82, 2.24) is 0 Å². The maximum Gasteiger partial charge on any atom is 0.339 e. The molecular formula is C24H22N2O6. The molecule has 0 bridgehead atoms. The van der Waals surface area contributed by atoms with E-state index in [0.29, 0.717) is 34.0 Å². The molecule has 0 fully saturated rings. The fourth-order valence-electron chi connectivity index (χ4n) is 2.99. The van der Waals surface area contributed by atoms with Gasteiger partial charge in [-0.2, -0.15) is 0 Å². The summed E-state index contributed by atoms with van der Waals surface area (Å²) in [6.07, 6.45) is 0. The number of anilines is 2. The largest absolute Gasteiger partial charge is 0.493 e. The highest BCUT2D eigenvalue weighted by Gasteiger charge is 2.15. The summed E-state index contributed by atoms with van der Waals surface area (Å²) in [6.45, 7) is 0. The lowest BCUT2D eigenvalue weighted by Crippen LogP contribution is -2.16. The summed E-state index contributed by atoms with van der Waals surface area (Å²) < 4.78 is 15.2. The Bertz CT molecular complexity index is 1160. The first-order valence-electron chi connectivity index (χ1n) is 9.59. The zero-order valence-corrected chi connectivity index (χ0v) is 17.8. The Labute approximate surface area is 185 Å². The fourth-order valence-corrected chi connectivity index (χ4v) is 2.99. The molecule has 0 saturated heterocycles. The Morgan fingerprint density at radius 1 is 0.688 bits per heavy atom. The third kappa shape index (κ3) is 5.04. The zero-order valence-electron chi connectivity index (χ0n) is 17.8. The number of carbonyl (C=O) groups excluding carboxylic acids is 3. The first kappa shape index (κ1) is 22.4. The minimum absolute atomic E-state index is 0.237. The van der Waals surface area contributed by atoms with E-state index in [0.717, 1.165) is 0 Å². The molecule has 2 amide bonds. The molecule has 3 aromatic rings. The van der Waals surface area contributed by atoms with Gasteiger partial charge >= 0.3 is 5.97 Å². The Kier molecular flexibility index (Phi) is 7.07. The molecule has 8 nitrogen and oxygen atoms in total. The average molecular weight is 434 g/mol. The summed E-state index contributed by atoms with van der Waals surface area (Å²) in [6, 6.07) is 17.8. The lowest BCUT2D eigenvalue weighted by Gasteiger charge is -2.12. The lowest BCUT2D eigenvalue weighted by atomic mass is 10.1. The molecule has 0 spiro atoms. The van der Waals surface area contributed by atoms with Crippen molar-refractivity contribution in [2.75, 3.05) is 32.0 Å². The molecule has 164 valence electrons. The standard InChI is InChI=1S/C24H22N2O6/c1-30-20-12-11-16(14-21(20)31-2)22(27)25-17-8-6-7-15(13-17)23(28)26-19-10-5-4-9-18(19)24(29)32-3/h4-14H,1-3H3,(H,25,27)(H,26,28). The molecule has 3 rings (SSSR count). The SMILES string of the molecule is COC(=O)c1ccccc1NC(=O)c1cccc(NC(=O)c2ccc(OC)c(OC)c2)c1. The quantitative estimate of drug-likeness (QED) is 0.545. The van der Waals surface area contributed by atoms with Gasteiger partial charge in [0.2, 0.25) is 0 Å². The number of ether oxygens (including phenoxy) is 3. The summed E-state index contributed by atoms with van der Waals surface area (Å²) in [5, 5.41) is 5.45. The van der Waals surface area contributed by atoms with E-state index >= 15 is 0 Å². The average Bonchev–Trinajstić information content (AvgIpc) is 2.83. The smallest absolute Gasteiger partial charge is 0.339 e. The lowest BCUT2D eigenvalue weighted by molar-refractivity contribution is 0.0601. The van der Waals surface area contributed by atoms with Crippen LogP contribution in [0.5, 0.6) is 11.5 Å². The van der Waals surface area contributed by atoms with Gasteiger partial charge in [-0.15, -0.1) is 0 Å². The monoisotopic (exact) mass is 434 g/mol. The van der Waals surface area contributed by atoms with Crippen LogP contribution in [0.15, 0.2) is 66.7 Å². The maximum absolute atomic E-state index is 12.7. The maximum atomic E-state index is 12.7. The number of hydrogen-bond acceptors (Lipinski definition) is 6. The Hall–Kier alpha value is -4.33. The van der Waals surface area contributed by atoms with Crippen molar-refractivity contribution in [2.45, 2.75) is 0 Å². The number of benzene rings is 3. The molecule has 0 aromatic heterocycles. The van der Waals surface area contributed by atoms with Crippen molar-refractivity contribution in [3.63, 3.8) is 0 Å². The molecule has 0 atom stereocenters. The van der Waals surface area contributed by atoms with Crippen LogP contribution in [-0.2, 0) is 4.74 Å². The Morgan fingerprint density at radius 3 is 2.09 bits per heavy atom. The minimum Gasteiger partial charge on any atom is -0.493 e. The molecule has 0 aliphatic rings. The number of rotatable bonds is 7. The number of esters is 1. The van der Waals surface area contributed by atoms with Crippen LogP contribution in [0.25, 0.3) is 0 Å².